The van der Waals surface area contributed by atoms with Crippen LogP contribution in [0.1, 0.15) is 30.9 Å². The van der Waals surface area contributed by atoms with Crippen molar-refractivity contribution in [2.75, 3.05) is 25.6 Å². The smallest absolute Gasteiger partial charge is 0.238 e. The minimum absolute atomic E-state index is 0.161. The molecule has 8 heteroatoms. The molecular formula is C23H25N5O2S. The molecule has 1 aromatic heterocycles. The van der Waals surface area contributed by atoms with Crippen molar-refractivity contribution in [2.45, 2.75) is 35.7 Å². The first-order chi connectivity index (χ1) is 15.2. The predicted octanol–water partition coefficient (Wildman–Crippen LogP) is 3.73. The van der Waals surface area contributed by atoms with Crippen LogP contribution in [0.15, 0.2) is 59.8 Å². The molecular weight excluding hydrogens is 410 g/mol. The van der Waals surface area contributed by atoms with E-state index in [4.69, 9.17) is 4.74 Å². The highest BCUT2D eigenvalue weighted by Gasteiger charge is 2.40. The quantitative estimate of drug-likeness (QED) is 0.673. The van der Waals surface area contributed by atoms with Crippen molar-refractivity contribution in [1.82, 2.24) is 19.8 Å². The van der Waals surface area contributed by atoms with Crippen LogP contribution in [-0.4, -0.2) is 51.1 Å². The summed E-state index contributed by atoms with van der Waals surface area (Å²) >= 11 is 1.49. The fraction of sp³-hybridized carbons (Fsp3) is 0.348. The summed E-state index contributed by atoms with van der Waals surface area (Å²) in [4.78, 5) is 15.5. The standard InChI is InChI=1S/C23H25N5O2S/c1-30-18-12-10-16(11-13-18)19-20(22(29)27-14-6-3-7-15-27)31-23-25-24-21(28(23)26-19)17-8-4-2-5-9-17/h2,4-5,8-13,19-20,26H,3,6-7,14-15H2,1H3/t19-,20+/m1/s1. The van der Waals surface area contributed by atoms with Crippen molar-refractivity contribution in [1.29, 1.82) is 0 Å². The van der Waals surface area contributed by atoms with E-state index in [0.29, 0.717) is 5.16 Å². The van der Waals surface area contributed by atoms with Crippen LogP contribution in [0.25, 0.3) is 11.4 Å². The highest BCUT2D eigenvalue weighted by Crippen LogP contribution is 2.40. The number of likely N-dealkylation sites (tertiary alicyclic amines) is 1. The average Bonchev–Trinajstić information content (AvgIpc) is 3.27. The van der Waals surface area contributed by atoms with Crippen LogP contribution in [0, 0.1) is 0 Å². The summed E-state index contributed by atoms with van der Waals surface area (Å²) in [5.74, 6) is 1.69. The summed E-state index contributed by atoms with van der Waals surface area (Å²) < 4.78 is 7.23. The molecule has 2 atom stereocenters. The van der Waals surface area contributed by atoms with Crippen LogP contribution in [0.3, 0.4) is 0 Å². The number of hydrogen-bond donors (Lipinski definition) is 1. The van der Waals surface area contributed by atoms with Crippen molar-refractivity contribution in [2.24, 2.45) is 0 Å². The van der Waals surface area contributed by atoms with Gasteiger partial charge in [-0.05, 0) is 37.0 Å². The number of ether oxygens (including phenoxy) is 1. The van der Waals surface area contributed by atoms with Crippen LogP contribution in [0.5, 0.6) is 5.75 Å². The van der Waals surface area contributed by atoms with E-state index in [1.807, 2.05) is 64.2 Å². The van der Waals surface area contributed by atoms with Crippen LogP contribution >= 0.6 is 11.8 Å². The third-order valence-corrected chi connectivity index (χ3v) is 7.06. The lowest BCUT2D eigenvalue weighted by Gasteiger charge is -2.37. The van der Waals surface area contributed by atoms with Crippen LogP contribution < -0.4 is 10.2 Å². The number of aromatic nitrogens is 3. The van der Waals surface area contributed by atoms with Gasteiger partial charge in [0.1, 0.15) is 11.0 Å². The van der Waals surface area contributed by atoms with Gasteiger partial charge in [0.2, 0.25) is 11.1 Å². The van der Waals surface area contributed by atoms with Gasteiger partial charge in [0.25, 0.3) is 0 Å². The molecule has 0 aliphatic carbocycles. The highest BCUT2D eigenvalue weighted by atomic mass is 32.2. The number of nitrogens with zero attached hydrogens (tertiary/aromatic N) is 4. The maximum Gasteiger partial charge on any atom is 0.238 e. The molecule has 0 saturated carbocycles. The third-order valence-electron chi connectivity index (χ3n) is 5.85. The topological polar surface area (TPSA) is 72.3 Å². The summed E-state index contributed by atoms with van der Waals surface area (Å²) in [6.07, 6.45) is 3.33. The number of carbonyl (C=O) groups excluding carboxylic acids is 1. The summed E-state index contributed by atoms with van der Waals surface area (Å²) in [5, 5.41) is 9.20. The molecule has 0 bridgehead atoms. The van der Waals surface area contributed by atoms with E-state index >= 15 is 0 Å². The second-order valence-electron chi connectivity index (χ2n) is 7.81. The molecule has 1 N–H and O–H groups in total. The number of rotatable bonds is 4. The Balaban J connectivity index is 1.52. The maximum atomic E-state index is 13.5. The van der Waals surface area contributed by atoms with Crippen LogP contribution in [-0.2, 0) is 4.79 Å². The zero-order chi connectivity index (χ0) is 21.2. The molecule has 31 heavy (non-hydrogen) atoms. The molecule has 3 aromatic rings. The Morgan fingerprint density at radius 2 is 1.77 bits per heavy atom. The summed E-state index contributed by atoms with van der Waals surface area (Å²) in [7, 11) is 1.65. The van der Waals surface area contributed by atoms with E-state index in [-0.39, 0.29) is 17.2 Å². The van der Waals surface area contributed by atoms with E-state index < -0.39 is 0 Å². The van der Waals surface area contributed by atoms with E-state index in [1.54, 1.807) is 7.11 Å². The number of amides is 1. The second kappa shape index (κ2) is 8.63. The molecule has 7 nitrogen and oxygen atoms in total. The molecule has 0 spiro atoms. The minimum atomic E-state index is -0.313. The number of piperidine rings is 1. The largest absolute Gasteiger partial charge is 0.497 e. The van der Waals surface area contributed by atoms with Crippen LogP contribution in [0.2, 0.25) is 0 Å². The second-order valence-corrected chi connectivity index (χ2v) is 8.92. The maximum absolute atomic E-state index is 13.5. The van der Waals surface area contributed by atoms with Gasteiger partial charge in [-0.1, -0.05) is 54.2 Å². The summed E-state index contributed by atoms with van der Waals surface area (Å²) in [5.41, 5.74) is 5.56. The van der Waals surface area contributed by atoms with E-state index in [0.717, 1.165) is 48.6 Å². The van der Waals surface area contributed by atoms with Gasteiger partial charge in [0.05, 0.1) is 13.2 Å². The van der Waals surface area contributed by atoms with E-state index in [2.05, 4.69) is 15.6 Å². The van der Waals surface area contributed by atoms with E-state index in [9.17, 15) is 4.79 Å². The number of carbonyl (C=O) groups is 1. The molecule has 160 valence electrons. The van der Waals surface area contributed by atoms with Crippen LogP contribution in [0.4, 0.5) is 0 Å². The Kier molecular flexibility index (Phi) is 5.55. The zero-order valence-electron chi connectivity index (χ0n) is 17.4. The lowest BCUT2D eigenvalue weighted by Crippen LogP contribution is -2.47. The fourth-order valence-corrected chi connectivity index (χ4v) is 5.34. The fourth-order valence-electron chi connectivity index (χ4n) is 4.17. The molecule has 0 unspecified atom stereocenters. The predicted molar refractivity (Wildman–Crippen MR) is 121 cm³/mol. The zero-order valence-corrected chi connectivity index (χ0v) is 18.2. The number of thioether (sulfide) groups is 1. The van der Waals surface area contributed by atoms with Crippen molar-refractivity contribution in [3.05, 3.63) is 60.2 Å². The summed E-state index contributed by atoms with van der Waals surface area (Å²) in [6.45, 7) is 1.65. The Morgan fingerprint density at radius 3 is 2.48 bits per heavy atom. The van der Waals surface area contributed by atoms with Gasteiger partial charge in [-0.25, -0.2) is 4.68 Å². The van der Waals surface area contributed by atoms with E-state index in [1.165, 1.54) is 18.2 Å². The van der Waals surface area contributed by atoms with Gasteiger partial charge in [-0.15, -0.1) is 10.2 Å². The van der Waals surface area contributed by atoms with Gasteiger partial charge < -0.3 is 15.1 Å². The molecule has 5 rings (SSSR count). The first-order valence-electron chi connectivity index (χ1n) is 10.6. The van der Waals surface area contributed by atoms with Gasteiger partial charge >= 0.3 is 0 Å². The lowest BCUT2D eigenvalue weighted by molar-refractivity contribution is -0.131. The number of methoxy groups -OCH3 is 1. The molecule has 3 heterocycles. The Labute approximate surface area is 185 Å². The number of nitrogens with one attached hydrogen (secondary N) is 1. The minimum Gasteiger partial charge on any atom is -0.497 e. The number of hydrogen-bond acceptors (Lipinski definition) is 6. The Morgan fingerprint density at radius 1 is 1.03 bits per heavy atom. The Bertz CT molecular complexity index is 1050. The van der Waals surface area contributed by atoms with Gasteiger partial charge in [0.15, 0.2) is 5.82 Å². The Hall–Kier alpha value is -3.00. The third kappa shape index (κ3) is 3.87. The van der Waals surface area contributed by atoms with Crippen molar-refractivity contribution >= 4 is 17.7 Å². The molecule has 2 aliphatic rings. The van der Waals surface area contributed by atoms with Gasteiger partial charge in [-0.3, -0.25) is 4.79 Å². The lowest BCUT2D eigenvalue weighted by atomic mass is 10.0. The van der Waals surface area contributed by atoms with Gasteiger partial charge in [-0.2, -0.15) is 0 Å². The highest BCUT2D eigenvalue weighted by molar-refractivity contribution is 8.00. The SMILES string of the molecule is COc1ccc([C@H]2Nn3c(nnc3-c3ccccc3)S[C@@H]2C(=O)N2CCCCC2)cc1. The molecule has 1 amide bonds. The summed E-state index contributed by atoms with van der Waals surface area (Å²) in [6, 6.07) is 17.7. The van der Waals surface area contributed by atoms with Crippen molar-refractivity contribution in [3.8, 4) is 17.1 Å². The van der Waals surface area contributed by atoms with Crippen molar-refractivity contribution in [3.63, 3.8) is 0 Å². The molecule has 2 aliphatic heterocycles. The first-order valence-corrected chi connectivity index (χ1v) is 11.5. The molecule has 2 aromatic carbocycles. The number of fused-ring (bicyclic) bond motifs is 1. The first kappa shape index (κ1) is 19.9. The van der Waals surface area contributed by atoms with Crippen molar-refractivity contribution < 1.29 is 9.53 Å². The molecule has 1 fully saturated rings. The molecule has 0 radical (unpaired) electrons. The monoisotopic (exact) mass is 435 g/mol. The number of benzene rings is 2. The normalized spacial score (nSPS) is 20.6. The van der Waals surface area contributed by atoms with Gasteiger partial charge in [0, 0.05) is 18.7 Å². The molecule has 1 saturated heterocycles. The average molecular weight is 436 g/mol.